The van der Waals surface area contributed by atoms with Gasteiger partial charge in [0.1, 0.15) is 5.60 Å². The minimum Gasteiger partial charge on any atom is -0.444 e. The number of likely N-dealkylation sites (tertiary alicyclic amines) is 1. The Morgan fingerprint density at radius 1 is 1.32 bits per heavy atom. The SMILES string of the molecule is CCN1CCC2(CCNCC2)C(CNC(=O)OC(C)(C)C)C1. The smallest absolute Gasteiger partial charge is 0.407 e. The molecule has 2 heterocycles. The lowest BCUT2D eigenvalue weighted by atomic mass is 9.64. The molecule has 22 heavy (non-hydrogen) atoms. The molecule has 2 fully saturated rings. The van der Waals surface area contributed by atoms with E-state index in [1.54, 1.807) is 0 Å². The van der Waals surface area contributed by atoms with Crippen LogP contribution in [-0.4, -0.2) is 55.9 Å². The molecule has 0 bridgehead atoms. The number of amides is 1. The number of nitrogens with zero attached hydrogens (tertiary/aromatic N) is 1. The van der Waals surface area contributed by atoms with Crippen LogP contribution in [0.5, 0.6) is 0 Å². The summed E-state index contributed by atoms with van der Waals surface area (Å²) < 4.78 is 5.38. The van der Waals surface area contributed by atoms with Crippen molar-refractivity contribution < 1.29 is 9.53 Å². The Bertz CT molecular complexity index is 373. The van der Waals surface area contributed by atoms with Crippen LogP contribution in [0.4, 0.5) is 4.79 Å². The number of rotatable bonds is 3. The number of ether oxygens (including phenoxy) is 1. The molecule has 0 radical (unpaired) electrons. The molecule has 2 aliphatic heterocycles. The summed E-state index contributed by atoms with van der Waals surface area (Å²) in [5.74, 6) is 0.524. The molecule has 1 unspecified atom stereocenters. The van der Waals surface area contributed by atoms with E-state index in [2.05, 4.69) is 22.5 Å². The fourth-order valence-electron chi connectivity index (χ4n) is 3.85. The summed E-state index contributed by atoms with van der Waals surface area (Å²) in [6.07, 6.45) is 3.42. The number of nitrogens with one attached hydrogen (secondary N) is 2. The van der Waals surface area contributed by atoms with Crippen LogP contribution in [0.2, 0.25) is 0 Å². The molecule has 1 atom stereocenters. The molecule has 2 rings (SSSR count). The second-order valence-electron chi connectivity index (χ2n) is 7.84. The molecule has 128 valence electrons. The summed E-state index contributed by atoms with van der Waals surface area (Å²) in [5.41, 5.74) is -0.0372. The topological polar surface area (TPSA) is 53.6 Å². The van der Waals surface area contributed by atoms with Crippen LogP contribution < -0.4 is 10.6 Å². The average Bonchev–Trinajstić information content (AvgIpc) is 2.45. The van der Waals surface area contributed by atoms with E-state index < -0.39 is 5.60 Å². The Kier molecular flexibility index (Phi) is 5.72. The maximum atomic E-state index is 12.0. The van der Waals surface area contributed by atoms with Gasteiger partial charge in [0.2, 0.25) is 0 Å². The number of alkyl carbamates (subject to hydrolysis) is 1. The van der Waals surface area contributed by atoms with Crippen LogP contribution in [0, 0.1) is 11.3 Å². The van der Waals surface area contributed by atoms with E-state index in [0.717, 1.165) is 32.7 Å². The quantitative estimate of drug-likeness (QED) is 0.839. The first-order chi connectivity index (χ1) is 10.3. The van der Waals surface area contributed by atoms with Crippen molar-refractivity contribution in [3.63, 3.8) is 0 Å². The van der Waals surface area contributed by atoms with Gasteiger partial charge in [-0.2, -0.15) is 0 Å². The van der Waals surface area contributed by atoms with E-state index in [9.17, 15) is 4.79 Å². The Morgan fingerprint density at radius 2 is 2.00 bits per heavy atom. The molecule has 2 saturated heterocycles. The predicted octanol–water partition coefficient (Wildman–Crippen LogP) is 2.22. The first kappa shape index (κ1) is 17.5. The molecule has 0 aliphatic carbocycles. The van der Waals surface area contributed by atoms with Crippen molar-refractivity contribution in [2.24, 2.45) is 11.3 Å². The van der Waals surface area contributed by atoms with E-state index >= 15 is 0 Å². The lowest BCUT2D eigenvalue weighted by Crippen LogP contribution is -2.54. The van der Waals surface area contributed by atoms with E-state index in [-0.39, 0.29) is 6.09 Å². The first-order valence-corrected chi connectivity index (χ1v) is 8.74. The van der Waals surface area contributed by atoms with Gasteiger partial charge >= 0.3 is 6.09 Å². The Hall–Kier alpha value is -0.810. The Morgan fingerprint density at radius 3 is 2.59 bits per heavy atom. The van der Waals surface area contributed by atoms with Crippen molar-refractivity contribution in [3.8, 4) is 0 Å². The molecule has 0 aromatic carbocycles. The van der Waals surface area contributed by atoms with Crippen molar-refractivity contribution in [3.05, 3.63) is 0 Å². The molecule has 1 spiro atoms. The third-order valence-corrected chi connectivity index (χ3v) is 5.21. The van der Waals surface area contributed by atoms with Crippen LogP contribution in [0.1, 0.15) is 47.0 Å². The number of hydrogen-bond donors (Lipinski definition) is 2. The van der Waals surface area contributed by atoms with E-state index in [4.69, 9.17) is 4.74 Å². The third-order valence-electron chi connectivity index (χ3n) is 5.21. The van der Waals surface area contributed by atoms with Crippen LogP contribution >= 0.6 is 0 Å². The van der Waals surface area contributed by atoms with E-state index in [0.29, 0.717) is 11.3 Å². The van der Waals surface area contributed by atoms with Gasteiger partial charge in [-0.3, -0.25) is 0 Å². The van der Waals surface area contributed by atoms with Gasteiger partial charge in [0.15, 0.2) is 0 Å². The van der Waals surface area contributed by atoms with Crippen molar-refractivity contribution in [2.75, 3.05) is 39.3 Å². The summed E-state index contributed by atoms with van der Waals surface area (Å²) >= 11 is 0. The number of piperidine rings is 2. The zero-order chi connectivity index (χ0) is 16.2. The van der Waals surface area contributed by atoms with Gasteiger partial charge in [0, 0.05) is 13.1 Å². The largest absolute Gasteiger partial charge is 0.444 e. The highest BCUT2D eigenvalue weighted by Crippen LogP contribution is 2.43. The molecule has 0 saturated carbocycles. The lowest BCUT2D eigenvalue weighted by molar-refractivity contribution is 0.00607. The van der Waals surface area contributed by atoms with Crippen molar-refractivity contribution >= 4 is 6.09 Å². The number of carbonyl (C=O) groups is 1. The molecule has 2 N–H and O–H groups in total. The summed E-state index contributed by atoms with van der Waals surface area (Å²) in [4.78, 5) is 14.5. The van der Waals surface area contributed by atoms with Crippen LogP contribution in [-0.2, 0) is 4.74 Å². The van der Waals surface area contributed by atoms with Gasteiger partial charge in [-0.15, -0.1) is 0 Å². The fraction of sp³-hybridized carbons (Fsp3) is 0.941. The lowest BCUT2D eigenvalue weighted by Gasteiger charge is -2.50. The second kappa shape index (κ2) is 7.18. The Labute approximate surface area is 135 Å². The molecule has 5 nitrogen and oxygen atoms in total. The number of carbonyl (C=O) groups excluding carboxylic acids is 1. The molecule has 0 aromatic heterocycles. The maximum Gasteiger partial charge on any atom is 0.407 e. The maximum absolute atomic E-state index is 12.0. The van der Waals surface area contributed by atoms with Gasteiger partial charge in [0.05, 0.1) is 0 Å². The average molecular weight is 311 g/mol. The molecule has 0 aromatic rings. The van der Waals surface area contributed by atoms with Gasteiger partial charge in [0.25, 0.3) is 0 Å². The van der Waals surface area contributed by atoms with Crippen LogP contribution in [0.15, 0.2) is 0 Å². The van der Waals surface area contributed by atoms with Gasteiger partial charge < -0.3 is 20.3 Å². The predicted molar refractivity (Wildman–Crippen MR) is 89.0 cm³/mol. The molecule has 2 aliphatic rings. The van der Waals surface area contributed by atoms with Gasteiger partial charge in [-0.1, -0.05) is 6.92 Å². The van der Waals surface area contributed by atoms with Crippen LogP contribution in [0.25, 0.3) is 0 Å². The standard InChI is InChI=1S/C17H33N3O2/c1-5-20-11-8-17(6-9-18-10-7-17)14(13-20)12-19-15(21)22-16(2,3)4/h14,18H,5-13H2,1-4H3,(H,19,21). The third kappa shape index (κ3) is 4.59. The molecule has 1 amide bonds. The number of hydrogen-bond acceptors (Lipinski definition) is 4. The Balaban J connectivity index is 1.95. The summed E-state index contributed by atoms with van der Waals surface area (Å²) in [5, 5.41) is 6.49. The highest BCUT2D eigenvalue weighted by atomic mass is 16.6. The normalized spacial score (nSPS) is 25.9. The second-order valence-corrected chi connectivity index (χ2v) is 7.84. The highest BCUT2D eigenvalue weighted by Gasteiger charge is 2.43. The molecular formula is C17H33N3O2. The highest BCUT2D eigenvalue weighted by molar-refractivity contribution is 5.67. The van der Waals surface area contributed by atoms with Crippen molar-refractivity contribution in [1.29, 1.82) is 0 Å². The first-order valence-electron chi connectivity index (χ1n) is 8.74. The van der Waals surface area contributed by atoms with Crippen LogP contribution in [0.3, 0.4) is 0 Å². The van der Waals surface area contributed by atoms with Gasteiger partial charge in [-0.05, 0) is 77.5 Å². The van der Waals surface area contributed by atoms with E-state index in [1.807, 2.05) is 20.8 Å². The fourth-order valence-corrected chi connectivity index (χ4v) is 3.85. The molecular weight excluding hydrogens is 278 g/mol. The molecule has 5 heteroatoms. The monoisotopic (exact) mass is 311 g/mol. The zero-order valence-corrected chi connectivity index (χ0v) is 14.7. The minimum absolute atomic E-state index is 0.287. The van der Waals surface area contributed by atoms with E-state index in [1.165, 1.54) is 25.8 Å². The minimum atomic E-state index is -0.432. The van der Waals surface area contributed by atoms with Crippen molar-refractivity contribution in [2.45, 2.75) is 52.6 Å². The zero-order valence-electron chi connectivity index (χ0n) is 14.7. The summed E-state index contributed by atoms with van der Waals surface area (Å²) in [7, 11) is 0. The summed E-state index contributed by atoms with van der Waals surface area (Å²) in [6.45, 7) is 14.2. The summed E-state index contributed by atoms with van der Waals surface area (Å²) in [6, 6.07) is 0. The van der Waals surface area contributed by atoms with Gasteiger partial charge in [-0.25, -0.2) is 4.79 Å². The van der Waals surface area contributed by atoms with Crippen molar-refractivity contribution in [1.82, 2.24) is 15.5 Å².